The Morgan fingerprint density at radius 2 is 1.71 bits per heavy atom. The Morgan fingerprint density at radius 3 is 2.26 bits per heavy atom. The fourth-order valence-electron chi connectivity index (χ4n) is 3.53. The topological polar surface area (TPSA) is 97.3 Å². The molecule has 0 bridgehead atoms. The molecule has 1 fully saturated rings. The van der Waals surface area contributed by atoms with E-state index in [1.54, 1.807) is 10.9 Å². The zero-order chi connectivity index (χ0) is 25.9. The predicted molar refractivity (Wildman–Crippen MR) is 138 cm³/mol. The number of hydrogen-bond donors (Lipinski definition) is 1. The summed E-state index contributed by atoms with van der Waals surface area (Å²) in [4.78, 5) is 11.9. The van der Waals surface area contributed by atoms with Crippen molar-refractivity contribution >= 4 is 33.6 Å². The number of nitrogens with two attached hydrogens (primary N) is 1. The Kier molecular flexibility index (Phi) is 6.89. The first-order valence-corrected chi connectivity index (χ1v) is 17.7. The van der Waals surface area contributed by atoms with Gasteiger partial charge in [0.05, 0.1) is 19.0 Å². The van der Waals surface area contributed by atoms with Crippen molar-refractivity contribution in [1.82, 2.24) is 19.5 Å². The van der Waals surface area contributed by atoms with Crippen molar-refractivity contribution in [2.45, 2.75) is 109 Å². The van der Waals surface area contributed by atoms with Crippen LogP contribution in [-0.4, -0.2) is 54.5 Å². The normalized spacial score (nSPS) is 24.8. The zero-order valence-corrected chi connectivity index (χ0v) is 24.6. The second-order valence-corrected chi connectivity index (χ2v) is 22.3. The van der Waals surface area contributed by atoms with E-state index in [9.17, 15) is 4.39 Å². The summed E-state index contributed by atoms with van der Waals surface area (Å²) in [6, 6.07) is 0. The van der Waals surface area contributed by atoms with Crippen LogP contribution in [0.2, 0.25) is 36.3 Å². The highest BCUT2D eigenvalue weighted by atomic mass is 28.4. The number of aromatic nitrogens is 4. The summed E-state index contributed by atoms with van der Waals surface area (Å²) >= 11 is 0. The molecule has 11 heteroatoms. The molecule has 3 rings (SSSR count). The maximum absolute atomic E-state index is 14.0. The van der Waals surface area contributed by atoms with Gasteiger partial charge in [0.15, 0.2) is 33.6 Å². The van der Waals surface area contributed by atoms with Crippen molar-refractivity contribution in [3.05, 3.63) is 12.4 Å². The molecular formula is C23H42FN5O3Si2. The van der Waals surface area contributed by atoms with Gasteiger partial charge in [-0.25, -0.2) is 4.98 Å². The molecule has 192 valence electrons. The van der Waals surface area contributed by atoms with E-state index >= 15 is 0 Å². The fraction of sp³-hybridized carbons (Fsp3) is 0.783. The molecule has 0 amide bonds. The van der Waals surface area contributed by atoms with Gasteiger partial charge in [0.1, 0.15) is 11.8 Å². The molecule has 34 heavy (non-hydrogen) atoms. The van der Waals surface area contributed by atoms with Gasteiger partial charge < -0.3 is 19.3 Å². The van der Waals surface area contributed by atoms with Gasteiger partial charge in [-0.05, 0) is 43.2 Å². The van der Waals surface area contributed by atoms with Gasteiger partial charge in [0, 0.05) is 6.42 Å². The highest BCUT2D eigenvalue weighted by Gasteiger charge is 2.52. The van der Waals surface area contributed by atoms with Crippen LogP contribution in [0, 0.1) is 6.08 Å². The summed E-state index contributed by atoms with van der Waals surface area (Å²) in [6.07, 6.45) is 0.624. The number of hydrogen-bond acceptors (Lipinski definition) is 7. The summed E-state index contributed by atoms with van der Waals surface area (Å²) < 4.78 is 35.9. The number of ether oxygens (including phenoxy) is 1. The second kappa shape index (κ2) is 8.61. The molecule has 3 atom stereocenters. The van der Waals surface area contributed by atoms with Gasteiger partial charge in [0.25, 0.3) is 0 Å². The van der Waals surface area contributed by atoms with Crippen molar-refractivity contribution in [1.29, 1.82) is 0 Å². The molecule has 8 nitrogen and oxygen atoms in total. The molecule has 0 aromatic carbocycles. The quantitative estimate of drug-likeness (QED) is 0.396. The fourth-order valence-corrected chi connectivity index (χ4v) is 6.02. The highest BCUT2D eigenvalue weighted by Crippen LogP contribution is 2.46. The molecule has 1 unspecified atom stereocenters. The molecule has 0 saturated carbocycles. The lowest BCUT2D eigenvalue weighted by molar-refractivity contribution is -0.109. The van der Waals surface area contributed by atoms with Gasteiger partial charge in [-0.2, -0.15) is 14.4 Å². The van der Waals surface area contributed by atoms with E-state index in [2.05, 4.69) is 89.6 Å². The Balaban J connectivity index is 1.97. The zero-order valence-electron chi connectivity index (χ0n) is 22.6. The number of rotatable bonds is 6. The lowest BCUT2D eigenvalue weighted by Crippen LogP contribution is -2.53. The Labute approximate surface area is 205 Å². The molecule has 0 radical (unpaired) electrons. The van der Waals surface area contributed by atoms with E-state index in [0.29, 0.717) is 24.2 Å². The van der Waals surface area contributed by atoms with Crippen LogP contribution in [-0.2, 0) is 13.6 Å². The summed E-state index contributed by atoms with van der Waals surface area (Å²) in [5.41, 5.74) is 5.86. The minimum atomic E-state index is -2.11. The SMILES string of the molecule is CC(C)(C)[Si](C)(C)OC[C@@]1(C)O[C@@H](n2cnc3c(N)nc(F)nc32)CC1O[Si](C)(C)C(C)(C)C. The molecule has 1 aliphatic rings. The highest BCUT2D eigenvalue weighted by molar-refractivity contribution is 6.74. The van der Waals surface area contributed by atoms with Crippen LogP contribution in [0.15, 0.2) is 6.33 Å². The largest absolute Gasteiger partial charge is 0.414 e. The maximum Gasteiger partial charge on any atom is 0.312 e. The van der Waals surface area contributed by atoms with E-state index in [-0.39, 0.29) is 22.0 Å². The molecule has 1 aliphatic heterocycles. The van der Waals surface area contributed by atoms with Gasteiger partial charge >= 0.3 is 6.08 Å². The van der Waals surface area contributed by atoms with Crippen LogP contribution in [0.3, 0.4) is 0 Å². The van der Waals surface area contributed by atoms with Gasteiger partial charge in [0.2, 0.25) is 0 Å². The molecule has 0 spiro atoms. The van der Waals surface area contributed by atoms with E-state index in [0.717, 1.165) is 0 Å². The Hall–Kier alpha value is -1.41. The number of fused-ring (bicyclic) bond motifs is 1. The number of nitrogen functional groups attached to an aromatic ring is 1. The Morgan fingerprint density at radius 1 is 1.12 bits per heavy atom. The predicted octanol–water partition coefficient (Wildman–Crippen LogP) is 5.64. The molecular weight excluding hydrogens is 469 g/mol. The van der Waals surface area contributed by atoms with E-state index in [1.165, 1.54) is 0 Å². The number of halogens is 1. The molecule has 0 aliphatic carbocycles. The summed E-state index contributed by atoms with van der Waals surface area (Å²) in [7, 11) is -4.13. The van der Waals surface area contributed by atoms with E-state index < -0.39 is 34.5 Å². The number of anilines is 1. The van der Waals surface area contributed by atoms with Gasteiger partial charge in [-0.15, -0.1) is 0 Å². The lowest BCUT2D eigenvalue weighted by Gasteiger charge is -2.43. The van der Waals surface area contributed by atoms with Crippen LogP contribution in [0.5, 0.6) is 0 Å². The van der Waals surface area contributed by atoms with Crippen molar-refractivity contribution in [3.63, 3.8) is 0 Å². The lowest BCUT2D eigenvalue weighted by atomic mass is 10.0. The third-order valence-corrected chi connectivity index (χ3v) is 17.0. The van der Waals surface area contributed by atoms with Crippen LogP contribution < -0.4 is 5.73 Å². The van der Waals surface area contributed by atoms with Crippen molar-refractivity contribution in [2.75, 3.05) is 12.3 Å². The standard InChI is InChI=1S/C23H42FN5O3Si2/c1-21(2,3)33(8,9)30-13-23(7)15(32-34(10,11)22(4,5)6)12-16(31-23)29-14-26-17-18(25)27-20(24)28-19(17)29/h14-16H,12-13H2,1-11H3,(H2,25,27,28)/t15?,16-,23-/m1/s1. The molecule has 2 aromatic rings. The first kappa shape index (κ1) is 27.2. The number of nitrogens with zero attached hydrogens (tertiary/aromatic N) is 4. The van der Waals surface area contributed by atoms with Crippen molar-refractivity contribution < 1.29 is 18.0 Å². The van der Waals surface area contributed by atoms with Crippen LogP contribution >= 0.6 is 0 Å². The van der Waals surface area contributed by atoms with Crippen LogP contribution in [0.4, 0.5) is 10.2 Å². The van der Waals surface area contributed by atoms with Crippen molar-refractivity contribution in [3.8, 4) is 0 Å². The first-order valence-electron chi connectivity index (χ1n) is 11.9. The smallest absolute Gasteiger partial charge is 0.312 e. The van der Waals surface area contributed by atoms with Crippen LogP contribution in [0.1, 0.15) is 61.1 Å². The third kappa shape index (κ3) is 5.08. The summed E-state index contributed by atoms with van der Waals surface area (Å²) in [5, 5.41) is 0.114. The molecule has 2 aromatic heterocycles. The average molecular weight is 512 g/mol. The average Bonchev–Trinajstić information content (AvgIpc) is 3.20. The second-order valence-electron chi connectivity index (χ2n) is 12.7. The molecule has 1 saturated heterocycles. The number of imidazole rings is 1. The molecule has 2 N–H and O–H groups in total. The summed E-state index contributed by atoms with van der Waals surface area (Å²) in [5.74, 6) is 0.0114. The maximum atomic E-state index is 14.0. The molecule has 3 heterocycles. The van der Waals surface area contributed by atoms with Gasteiger partial charge in [-0.1, -0.05) is 41.5 Å². The monoisotopic (exact) mass is 511 g/mol. The first-order chi connectivity index (χ1) is 15.3. The summed E-state index contributed by atoms with van der Waals surface area (Å²) in [6.45, 7) is 24.8. The van der Waals surface area contributed by atoms with Crippen molar-refractivity contribution in [2.24, 2.45) is 0 Å². The van der Waals surface area contributed by atoms with E-state index in [4.69, 9.17) is 19.3 Å². The third-order valence-electron chi connectivity index (χ3n) is 8.00. The van der Waals surface area contributed by atoms with E-state index in [1.807, 2.05) is 0 Å². The van der Waals surface area contributed by atoms with Gasteiger partial charge in [-0.3, -0.25) is 4.57 Å². The van der Waals surface area contributed by atoms with Crippen LogP contribution in [0.25, 0.3) is 11.2 Å². The minimum absolute atomic E-state index is 0.0114. The minimum Gasteiger partial charge on any atom is -0.414 e. The Bertz CT molecular complexity index is 1050.